The van der Waals surface area contributed by atoms with Gasteiger partial charge in [-0.3, -0.25) is 9.69 Å². The first-order chi connectivity index (χ1) is 8.55. The molecule has 0 aromatic carbocycles. The average Bonchev–Trinajstić information content (AvgIpc) is 2.88. The Hall–Kier alpha value is -1.36. The van der Waals surface area contributed by atoms with E-state index in [1.165, 1.54) is 0 Å². The molecule has 0 amide bonds. The monoisotopic (exact) mass is 252 g/mol. The number of hydrogen-bond donors (Lipinski definition) is 1. The van der Waals surface area contributed by atoms with Crippen LogP contribution >= 0.6 is 0 Å². The third kappa shape index (κ3) is 2.56. The quantitative estimate of drug-likeness (QED) is 0.868. The van der Waals surface area contributed by atoms with Gasteiger partial charge in [-0.05, 0) is 26.3 Å². The van der Waals surface area contributed by atoms with Crippen molar-refractivity contribution in [3.63, 3.8) is 0 Å². The summed E-state index contributed by atoms with van der Waals surface area (Å²) in [6.07, 6.45) is 2.38. The summed E-state index contributed by atoms with van der Waals surface area (Å²) >= 11 is 0. The fourth-order valence-corrected chi connectivity index (χ4v) is 2.78. The molecule has 2 rings (SSSR count). The highest BCUT2D eigenvalue weighted by Crippen LogP contribution is 2.36. The Labute approximate surface area is 107 Å². The van der Waals surface area contributed by atoms with Crippen molar-refractivity contribution in [2.24, 2.45) is 5.41 Å². The van der Waals surface area contributed by atoms with Crippen LogP contribution in [0, 0.1) is 12.3 Å². The Kier molecular flexibility index (Phi) is 3.71. The van der Waals surface area contributed by atoms with Crippen molar-refractivity contribution in [1.29, 1.82) is 0 Å². The van der Waals surface area contributed by atoms with E-state index in [1.54, 1.807) is 0 Å². The molecule has 0 spiro atoms. The van der Waals surface area contributed by atoms with Gasteiger partial charge in [0.1, 0.15) is 5.76 Å². The molecule has 18 heavy (non-hydrogen) atoms. The first kappa shape index (κ1) is 13.1. The SMILES string of the molecule is CCCC1(C(=O)O)CCN(Cc2cc(C)on2)C1. The lowest BCUT2D eigenvalue weighted by Gasteiger charge is -2.23. The molecule has 0 bridgehead atoms. The summed E-state index contributed by atoms with van der Waals surface area (Å²) in [5.74, 6) is 0.130. The first-order valence-corrected chi connectivity index (χ1v) is 6.44. The fourth-order valence-electron chi connectivity index (χ4n) is 2.78. The zero-order valence-electron chi connectivity index (χ0n) is 11.0. The maximum absolute atomic E-state index is 11.5. The van der Waals surface area contributed by atoms with Gasteiger partial charge in [-0.2, -0.15) is 0 Å². The second-order valence-corrected chi connectivity index (χ2v) is 5.23. The molecule has 100 valence electrons. The summed E-state index contributed by atoms with van der Waals surface area (Å²) < 4.78 is 5.03. The lowest BCUT2D eigenvalue weighted by Crippen LogP contribution is -2.34. The van der Waals surface area contributed by atoms with E-state index in [2.05, 4.69) is 10.1 Å². The molecule has 1 aliphatic heterocycles. The van der Waals surface area contributed by atoms with Crippen molar-refractivity contribution in [1.82, 2.24) is 10.1 Å². The standard InChI is InChI=1S/C13H20N2O3/c1-3-4-13(12(16)17)5-6-15(9-13)8-11-7-10(2)18-14-11/h7H,3-6,8-9H2,1-2H3,(H,16,17). The van der Waals surface area contributed by atoms with Crippen molar-refractivity contribution in [2.45, 2.75) is 39.7 Å². The average molecular weight is 252 g/mol. The Balaban J connectivity index is 2.00. The minimum Gasteiger partial charge on any atom is -0.481 e. The Morgan fingerprint density at radius 1 is 1.67 bits per heavy atom. The van der Waals surface area contributed by atoms with Crippen LogP contribution in [-0.2, 0) is 11.3 Å². The Bertz CT molecular complexity index is 430. The summed E-state index contributed by atoms with van der Waals surface area (Å²) in [5.41, 5.74) is 0.318. The number of aliphatic carboxylic acids is 1. The van der Waals surface area contributed by atoms with Crippen molar-refractivity contribution in [3.8, 4) is 0 Å². The van der Waals surface area contributed by atoms with Crippen LogP contribution in [-0.4, -0.2) is 34.2 Å². The molecule has 0 radical (unpaired) electrons. The van der Waals surface area contributed by atoms with Gasteiger partial charge in [0.15, 0.2) is 0 Å². The highest BCUT2D eigenvalue weighted by atomic mass is 16.5. The fraction of sp³-hybridized carbons (Fsp3) is 0.692. The smallest absolute Gasteiger partial charge is 0.310 e. The van der Waals surface area contributed by atoms with E-state index in [9.17, 15) is 9.90 Å². The number of aromatic nitrogens is 1. The molecule has 2 heterocycles. The summed E-state index contributed by atoms with van der Waals surface area (Å²) in [6, 6.07) is 1.90. The second kappa shape index (κ2) is 5.10. The molecule has 0 saturated carbocycles. The zero-order valence-corrected chi connectivity index (χ0v) is 11.0. The molecule has 1 aromatic rings. The van der Waals surface area contributed by atoms with Crippen LogP contribution in [0.4, 0.5) is 0 Å². The van der Waals surface area contributed by atoms with E-state index in [0.29, 0.717) is 13.1 Å². The predicted octanol–water partition coefficient (Wildman–Crippen LogP) is 2.06. The number of rotatable bonds is 5. The molecule has 0 aliphatic carbocycles. The molecule has 1 atom stereocenters. The van der Waals surface area contributed by atoms with E-state index in [0.717, 1.165) is 37.3 Å². The lowest BCUT2D eigenvalue weighted by atomic mass is 9.83. The minimum atomic E-state index is -0.664. The number of aryl methyl sites for hydroxylation is 1. The van der Waals surface area contributed by atoms with Crippen molar-refractivity contribution in [2.75, 3.05) is 13.1 Å². The largest absolute Gasteiger partial charge is 0.481 e. The van der Waals surface area contributed by atoms with E-state index >= 15 is 0 Å². The number of likely N-dealkylation sites (tertiary alicyclic amines) is 1. The van der Waals surface area contributed by atoms with Gasteiger partial charge in [-0.15, -0.1) is 0 Å². The summed E-state index contributed by atoms with van der Waals surface area (Å²) in [4.78, 5) is 13.6. The molecule has 1 unspecified atom stereocenters. The van der Waals surface area contributed by atoms with Gasteiger partial charge in [-0.25, -0.2) is 0 Å². The van der Waals surface area contributed by atoms with Crippen LogP contribution in [0.3, 0.4) is 0 Å². The van der Waals surface area contributed by atoms with Gasteiger partial charge in [0.25, 0.3) is 0 Å². The van der Waals surface area contributed by atoms with Crippen LogP contribution in [0.25, 0.3) is 0 Å². The number of nitrogens with zero attached hydrogens (tertiary/aromatic N) is 2. The maximum atomic E-state index is 11.5. The number of carboxylic acid groups (broad SMARTS) is 1. The molecule has 1 N–H and O–H groups in total. The summed E-state index contributed by atoms with van der Waals surface area (Å²) in [5, 5.41) is 13.4. The topological polar surface area (TPSA) is 66.6 Å². The van der Waals surface area contributed by atoms with Gasteiger partial charge in [0.2, 0.25) is 0 Å². The zero-order chi connectivity index (χ0) is 13.2. The number of hydrogen-bond acceptors (Lipinski definition) is 4. The predicted molar refractivity (Wildman–Crippen MR) is 66.1 cm³/mol. The van der Waals surface area contributed by atoms with Gasteiger partial charge >= 0.3 is 5.97 Å². The summed E-state index contributed by atoms with van der Waals surface area (Å²) in [6.45, 7) is 6.00. The third-order valence-electron chi connectivity index (χ3n) is 3.68. The van der Waals surface area contributed by atoms with Gasteiger partial charge in [-0.1, -0.05) is 18.5 Å². The Morgan fingerprint density at radius 3 is 3.00 bits per heavy atom. The molecule has 1 aromatic heterocycles. The highest BCUT2D eigenvalue weighted by molar-refractivity contribution is 5.75. The van der Waals surface area contributed by atoms with Gasteiger partial charge in [0.05, 0.1) is 11.1 Å². The van der Waals surface area contributed by atoms with Crippen LogP contribution in [0.15, 0.2) is 10.6 Å². The van der Waals surface area contributed by atoms with E-state index in [1.807, 2.05) is 19.9 Å². The molecule has 5 nitrogen and oxygen atoms in total. The van der Waals surface area contributed by atoms with Crippen LogP contribution in [0.5, 0.6) is 0 Å². The van der Waals surface area contributed by atoms with Crippen LogP contribution in [0.1, 0.15) is 37.6 Å². The molecule has 1 aliphatic rings. The van der Waals surface area contributed by atoms with Gasteiger partial charge < -0.3 is 9.63 Å². The second-order valence-electron chi connectivity index (χ2n) is 5.23. The van der Waals surface area contributed by atoms with Crippen molar-refractivity contribution in [3.05, 3.63) is 17.5 Å². The third-order valence-corrected chi connectivity index (χ3v) is 3.68. The van der Waals surface area contributed by atoms with Gasteiger partial charge in [0, 0.05) is 19.2 Å². The molecule has 1 saturated heterocycles. The highest BCUT2D eigenvalue weighted by Gasteiger charge is 2.43. The van der Waals surface area contributed by atoms with E-state index in [4.69, 9.17) is 4.52 Å². The van der Waals surface area contributed by atoms with Crippen molar-refractivity contribution >= 4 is 5.97 Å². The molecular weight excluding hydrogens is 232 g/mol. The van der Waals surface area contributed by atoms with Crippen LogP contribution in [0.2, 0.25) is 0 Å². The minimum absolute atomic E-state index is 0.562. The maximum Gasteiger partial charge on any atom is 0.310 e. The van der Waals surface area contributed by atoms with E-state index < -0.39 is 11.4 Å². The normalized spacial score (nSPS) is 24.6. The van der Waals surface area contributed by atoms with Crippen LogP contribution < -0.4 is 0 Å². The first-order valence-electron chi connectivity index (χ1n) is 6.44. The molecule has 1 fully saturated rings. The van der Waals surface area contributed by atoms with Crippen molar-refractivity contribution < 1.29 is 14.4 Å². The number of carboxylic acids is 1. The summed E-state index contributed by atoms with van der Waals surface area (Å²) in [7, 11) is 0. The lowest BCUT2D eigenvalue weighted by molar-refractivity contribution is -0.148. The molecule has 5 heteroatoms. The molecular formula is C13H20N2O3. The Morgan fingerprint density at radius 2 is 2.44 bits per heavy atom. The van der Waals surface area contributed by atoms with E-state index in [-0.39, 0.29) is 0 Å². The number of carbonyl (C=O) groups is 1.